The van der Waals surface area contributed by atoms with E-state index in [1.165, 1.54) is 11.3 Å². The number of hydrogen-bond donors (Lipinski definition) is 1. The molecule has 3 aromatic heterocycles. The highest BCUT2D eigenvalue weighted by atomic mass is 32.1. The van der Waals surface area contributed by atoms with Crippen molar-refractivity contribution in [3.63, 3.8) is 0 Å². The van der Waals surface area contributed by atoms with Crippen LogP contribution in [0.5, 0.6) is 10.9 Å². The van der Waals surface area contributed by atoms with Crippen LogP contribution in [-0.2, 0) is 0 Å². The fourth-order valence-electron chi connectivity index (χ4n) is 2.80. The van der Waals surface area contributed by atoms with Crippen molar-refractivity contribution in [2.75, 3.05) is 0 Å². The number of aromatic nitrogens is 5. The number of aryl methyl sites for hydroxylation is 3. The molecule has 0 aliphatic rings. The van der Waals surface area contributed by atoms with Crippen molar-refractivity contribution >= 4 is 28.6 Å². The smallest absolute Gasteiger partial charge is 0.299 e. The number of amides is 1. The average molecular weight is 453 g/mol. The molecule has 0 radical (unpaired) electrons. The maximum atomic E-state index is 13.0. The van der Waals surface area contributed by atoms with E-state index < -0.39 is 0 Å². The quantitative estimate of drug-likeness (QED) is 0.454. The number of hydrogen-bond acceptors (Lipinski definition) is 9. The SMILES string of the molecule is Cc1cnc(C(C)NC(=O)c2cc(Oc3nnc(C)s3)cc(-c3ncc(C)s3)c2)cn1. The molecule has 1 amide bonds. The standard InChI is InChI=1S/C21H20N6O2S2/c1-11-8-23-18(10-22-11)13(3)25-19(28)15-5-16(20-24-9-12(2)30-20)7-17(6-15)29-21-27-26-14(4)31-21/h5-10,13H,1-4H3,(H,25,28). The predicted octanol–water partition coefficient (Wildman–Crippen LogP) is 4.66. The molecule has 8 nitrogen and oxygen atoms in total. The summed E-state index contributed by atoms with van der Waals surface area (Å²) in [6.07, 6.45) is 5.15. The lowest BCUT2D eigenvalue weighted by Crippen LogP contribution is -2.27. The molecule has 0 bridgehead atoms. The van der Waals surface area contributed by atoms with Crippen molar-refractivity contribution in [1.29, 1.82) is 0 Å². The van der Waals surface area contributed by atoms with Gasteiger partial charge >= 0.3 is 0 Å². The summed E-state index contributed by atoms with van der Waals surface area (Å²) in [6, 6.07) is 5.03. The molecule has 4 aromatic rings. The summed E-state index contributed by atoms with van der Waals surface area (Å²) < 4.78 is 5.88. The van der Waals surface area contributed by atoms with E-state index in [1.807, 2.05) is 33.8 Å². The molecular weight excluding hydrogens is 432 g/mol. The first-order valence-corrected chi connectivity index (χ1v) is 11.2. The number of ether oxygens (including phenoxy) is 1. The average Bonchev–Trinajstić information content (AvgIpc) is 3.36. The van der Waals surface area contributed by atoms with Crippen LogP contribution in [0, 0.1) is 20.8 Å². The molecule has 4 rings (SSSR count). The molecule has 10 heteroatoms. The van der Waals surface area contributed by atoms with Gasteiger partial charge in [0.15, 0.2) is 0 Å². The maximum Gasteiger partial charge on any atom is 0.299 e. The molecule has 0 saturated carbocycles. The van der Waals surface area contributed by atoms with E-state index in [4.69, 9.17) is 4.74 Å². The van der Waals surface area contributed by atoms with Crippen molar-refractivity contribution in [3.05, 3.63) is 63.6 Å². The third-order valence-corrected chi connectivity index (χ3v) is 6.02. The second-order valence-corrected chi connectivity index (χ2v) is 9.37. The van der Waals surface area contributed by atoms with Gasteiger partial charge in [0.1, 0.15) is 15.8 Å². The first-order chi connectivity index (χ1) is 14.9. The van der Waals surface area contributed by atoms with E-state index in [0.717, 1.165) is 26.1 Å². The normalized spacial score (nSPS) is 11.9. The summed E-state index contributed by atoms with van der Waals surface area (Å²) in [5.41, 5.74) is 2.76. The van der Waals surface area contributed by atoms with Gasteiger partial charge in [0, 0.05) is 28.4 Å². The molecular formula is C21H20N6O2S2. The van der Waals surface area contributed by atoms with Gasteiger partial charge in [-0.1, -0.05) is 16.4 Å². The van der Waals surface area contributed by atoms with E-state index in [2.05, 4.69) is 30.5 Å². The lowest BCUT2D eigenvalue weighted by atomic mass is 10.1. The van der Waals surface area contributed by atoms with Gasteiger partial charge in [-0.3, -0.25) is 14.8 Å². The molecule has 3 heterocycles. The van der Waals surface area contributed by atoms with Crippen molar-refractivity contribution in [2.24, 2.45) is 0 Å². The Morgan fingerprint density at radius 2 is 1.84 bits per heavy atom. The van der Waals surface area contributed by atoms with Crippen molar-refractivity contribution in [3.8, 4) is 21.5 Å². The minimum atomic E-state index is -0.304. The zero-order valence-corrected chi connectivity index (χ0v) is 19.0. The summed E-state index contributed by atoms with van der Waals surface area (Å²) in [5, 5.41) is 13.0. The van der Waals surface area contributed by atoms with Crippen LogP contribution >= 0.6 is 22.7 Å². The zero-order chi connectivity index (χ0) is 22.0. The van der Waals surface area contributed by atoms with Gasteiger partial charge in [0.25, 0.3) is 11.1 Å². The van der Waals surface area contributed by atoms with E-state index in [0.29, 0.717) is 22.2 Å². The number of carbonyl (C=O) groups is 1. The molecule has 0 aliphatic heterocycles. The highest BCUT2D eigenvalue weighted by molar-refractivity contribution is 7.15. The Hall–Kier alpha value is -3.24. The van der Waals surface area contributed by atoms with Gasteiger partial charge in [0.2, 0.25) is 0 Å². The summed E-state index contributed by atoms with van der Waals surface area (Å²) >= 11 is 2.89. The molecule has 1 N–H and O–H groups in total. The molecule has 0 spiro atoms. The summed E-state index contributed by atoms with van der Waals surface area (Å²) in [5.74, 6) is 0.248. The monoisotopic (exact) mass is 452 g/mol. The number of benzene rings is 1. The van der Waals surface area contributed by atoms with Crippen LogP contribution in [0.15, 0.2) is 36.8 Å². The molecule has 1 aromatic carbocycles. The number of nitrogens with zero attached hydrogens (tertiary/aromatic N) is 5. The van der Waals surface area contributed by atoms with Gasteiger partial charge in [-0.15, -0.1) is 16.4 Å². The molecule has 31 heavy (non-hydrogen) atoms. The Morgan fingerprint density at radius 1 is 1.00 bits per heavy atom. The second kappa shape index (κ2) is 8.86. The van der Waals surface area contributed by atoms with E-state index in [1.54, 1.807) is 42.1 Å². The first kappa shape index (κ1) is 21.0. The fourth-order valence-corrected chi connectivity index (χ4v) is 4.11. The van der Waals surface area contributed by atoms with Crippen LogP contribution in [0.25, 0.3) is 10.6 Å². The van der Waals surface area contributed by atoms with Crippen molar-refractivity contribution in [1.82, 2.24) is 30.5 Å². The number of rotatable bonds is 6. The lowest BCUT2D eigenvalue weighted by molar-refractivity contribution is 0.0939. The van der Waals surface area contributed by atoms with Crippen LogP contribution in [0.4, 0.5) is 0 Å². The zero-order valence-electron chi connectivity index (χ0n) is 17.4. The molecule has 0 fully saturated rings. The van der Waals surface area contributed by atoms with Crippen LogP contribution in [0.1, 0.15) is 44.6 Å². The van der Waals surface area contributed by atoms with Crippen LogP contribution in [-0.4, -0.2) is 31.1 Å². The minimum Gasteiger partial charge on any atom is -0.430 e. The van der Waals surface area contributed by atoms with Gasteiger partial charge in [-0.05, 0) is 45.9 Å². The van der Waals surface area contributed by atoms with E-state index in [9.17, 15) is 4.79 Å². The number of nitrogens with one attached hydrogen (secondary N) is 1. The molecule has 1 atom stereocenters. The van der Waals surface area contributed by atoms with Gasteiger partial charge in [-0.2, -0.15) is 0 Å². The highest BCUT2D eigenvalue weighted by Gasteiger charge is 2.17. The summed E-state index contributed by atoms with van der Waals surface area (Å²) in [7, 11) is 0. The second-order valence-electron chi connectivity index (χ2n) is 6.99. The summed E-state index contributed by atoms with van der Waals surface area (Å²) in [4.78, 5) is 27.2. The number of thiazole rings is 1. The third-order valence-electron chi connectivity index (χ3n) is 4.34. The Morgan fingerprint density at radius 3 is 2.48 bits per heavy atom. The first-order valence-electron chi connectivity index (χ1n) is 9.52. The summed E-state index contributed by atoms with van der Waals surface area (Å²) in [6.45, 7) is 7.58. The van der Waals surface area contributed by atoms with Gasteiger partial charge in [0.05, 0.1) is 23.6 Å². The Labute approximate surface area is 187 Å². The van der Waals surface area contributed by atoms with E-state index in [-0.39, 0.29) is 11.9 Å². The number of carbonyl (C=O) groups excluding carboxylic acids is 1. The Kier molecular flexibility index (Phi) is 6.01. The van der Waals surface area contributed by atoms with Gasteiger partial charge < -0.3 is 10.1 Å². The minimum absolute atomic E-state index is 0.247. The van der Waals surface area contributed by atoms with Crippen molar-refractivity contribution < 1.29 is 9.53 Å². The maximum absolute atomic E-state index is 13.0. The van der Waals surface area contributed by atoms with Crippen LogP contribution < -0.4 is 10.1 Å². The molecule has 0 saturated heterocycles. The highest BCUT2D eigenvalue weighted by Crippen LogP contribution is 2.32. The van der Waals surface area contributed by atoms with Crippen LogP contribution in [0.3, 0.4) is 0 Å². The molecule has 158 valence electrons. The van der Waals surface area contributed by atoms with Gasteiger partial charge in [-0.25, -0.2) is 4.98 Å². The topological polar surface area (TPSA) is 103 Å². The Balaban J connectivity index is 1.63. The third kappa shape index (κ3) is 5.09. The Bertz CT molecular complexity index is 1220. The predicted molar refractivity (Wildman–Crippen MR) is 120 cm³/mol. The molecule has 1 unspecified atom stereocenters. The lowest BCUT2D eigenvalue weighted by Gasteiger charge is -2.14. The fraction of sp³-hybridized carbons (Fsp3) is 0.238. The molecule has 0 aliphatic carbocycles. The van der Waals surface area contributed by atoms with E-state index >= 15 is 0 Å². The largest absolute Gasteiger partial charge is 0.430 e. The van der Waals surface area contributed by atoms with Crippen molar-refractivity contribution in [2.45, 2.75) is 33.7 Å². The van der Waals surface area contributed by atoms with Crippen LogP contribution in [0.2, 0.25) is 0 Å².